The molecule has 0 fully saturated rings. The summed E-state index contributed by atoms with van der Waals surface area (Å²) in [4.78, 5) is 23.7. The van der Waals surface area contributed by atoms with Crippen molar-refractivity contribution >= 4 is 11.7 Å². The van der Waals surface area contributed by atoms with Crippen LogP contribution < -0.4 is 5.32 Å². The molecule has 1 amide bonds. The molecule has 102 valence electrons. The molecule has 0 saturated carbocycles. The SMILES string of the molecule is Cc1ccccc1CC(=O)CNC(=O)c1ccccc1. The molecule has 0 atom stereocenters. The molecule has 3 heteroatoms. The summed E-state index contributed by atoms with van der Waals surface area (Å²) in [5.41, 5.74) is 2.66. The highest BCUT2D eigenvalue weighted by molar-refractivity contribution is 5.97. The number of carbonyl (C=O) groups excluding carboxylic acids is 2. The molecule has 0 aromatic heterocycles. The van der Waals surface area contributed by atoms with Crippen LogP contribution in [-0.4, -0.2) is 18.2 Å². The molecule has 0 spiro atoms. The van der Waals surface area contributed by atoms with E-state index in [-0.39, 0.29) is 18.2 Å². The van der Waals surface area contributed by atoms with E-state index >= 15 is 0 Å². The Hall–Kier alpha value is -2.42. The lowest BCUT2D eigenvalue weighted by atomic mass is 10.0. The first-order chi connectivity index (χ1) is 9.66. The Morgan fingerprint density at radius 3 is 2.30 bits per heavy atom. The van der Waals surface area contributed by atoms with Crippen LogP contribution in [0.5, 0.6) is 0 Å². The highest BCUT2D eigenvalue weighted by Gasteiger charge is 2.09. The van der Waals surface area contributed by atoms with E-state index in [2.05, 4.69) is 5.32 Å². The molecule has 0 aliphatic rings. The van der Waals surface area contributed by atoms with Gasteiger partial charge in [-0.3, -0.25) is 9.59 Å². The van der Waals surface area contributed by atoms with Crippen molar-refractivity contribution in [2.45, 2.75) is 13.3 Å². The van der Waals surface area contributed by atoms with Gasteiger partial charge in [-0.05, 0) is 30.2 Å². The topological polar surface area (TPSA) is 46.2 Å². The Balaban J connectivity index is 1.87. The van der Waals surface area contributed by atoms with Crippen molar-refractivity contribution in [3.63, 3.8) is 0 Å². The van der Waals surface area contributed by atoms with Gasteiger partial charge in [0.05, 0.1) is 6.54 Å². The molecule has 2 aromatic rings. The quantitative estimate of drug-likeness (QED) is 0.905. The molecule has 20 heavy (non-hydrogen) atoms. The number of benzene rings is 2. The summed E-state index contributed by atoms with van der Waals surface area (Å²) in [6.07, 6.45) is 0.349. The van der Waals surface area contributed by atoms with Gasteiger partial charge in [0.2, 0.25) is 0 Å². The summed E-state index contributed by atoms with van der Waals surface area (Å²) >= 11 is 0. The third-order valence-corrected chi connectivity index (χ3v) is 3.13. The van der Waals surface area contributed by atoms with Crippen molar-refractivity contribution in [2.75, 3.05) is 6.54 Å². The van der Waals surface area contributed by atoms with E-state index in [1.54, 1.807) is 24.3 Å². The number of aryl methyl sites for hydroxylation is 1. The van der Waals surface area contributed by atoms with Crippen LogP contribution >= 0.6 is 0 Å². The van der Waals surface area contributed by atoms with Gasteiger partial charge in [-0.25, -0.2) is 0 Å². The lowest BCUT2D eigenvalue weighted by molar-refractivity contribution is -0.117. The van der Waals surface area contributed by atoms with Gasteiger partial charge in [0.25, 0.3) is 5.91 Å². The molecule has 0 saturated heterocycles. The van der Waals surface area contributed by atoms with Crippen molar-refractivity contribution < 1.29 is 9.59 Å². The molecular formula is C17H17NO2. The molecule has 1 N–H and O–H groups in total. The van der Waals surface area contributed by atoms with E-state index < -0.39 is 0 Å². The maximum atomic E-state index is 11.9. The Labute approximate surface area is 118 Å². The van der Waals surface area contributed by atoms with Crippen LogP contribution in [0.4, 0.5) is 0 Å². The summed E-state index contributed by atoms with van der Waals surface area (Å²) in [6, 6.07) is 16.7. The van der Waals surface area contributed by atoms with Crippen molar-refractivity contribution in [2.24, 2.45) is 0 Å². The Kier molecular flexibility index (Phi) is 4.66. The highest BCUT2D eigenvalue weighted by Crippen LogP contribution is 2.07. The lowest BCUT2D eigenvalue weighted by Gasteiger charge is -2.06. The average Bonchev–Trinajstić information content (AvgIpc) is 2.48. The number of rotatable bonds is 5. The van der Waals surface area contributed by atoms with E-state index in [1.807, 2.05) is 37.3 Å². The normalized spacial score (nSPS) is 10.1. The molecule has 3 nitrogen and oxygen atoms in total. The number of Topliss-reactive ketones (excluding diaryl/α,β-unsaturated/α-hetero) is 1. The summed E-state index contributed by atoms with van der Waals surface area (Å²) in [5.74, 6) is -0.215. The predicted molar refractivity (Wildman–Crippen MR) is 78.7 cm³/mol. The molecular weight excluding hydrogens is 250 g/mol. The fourth-order valence-electron chi connectivity index (χ4n) is 1.95. The lowest BCUT2D eigenvalue weighted by Crippen LogP contribution is -2.30. The van der Waals surface area contributed by atoms with Gasteiger partial charge >= 0.3 is 0 Å². The number of hydrogen-bond acceptors (Lipinski definition) is 2. The highest BCUT2D eigenvalue weighted by atomic mass is 16.2. The van der Waals surface area contributed by atoms with Crippen molar-refractivity contribution in [1.29, 1.82) is 0 Å². The van der Waals surface area contributed by atoms with E-state index in [4.69, 9.17) is 0 Å². The van der Waals surface area contributed by atoms with E-state index in [9.17, 15) is 9.59 Å². The van der Waals surface area contributed by atoms with Crippen LogP contribution in [0.15, 0.2) is 54.6 Å². The first kappa shape index (κ1) is 14.0. The summed E-state index contributed by atoms with van der Waals surface area (Å²) < 4.78 is 0. The molecule has 0 aliphatic heterocycles. The molecule has 0 heterocycles. The second-order valence-electron chi connectivity index (χ2n) is 4.69. The van der Waals surface area contributed by atoms with Gasteiger partial charge in [0, 0.05) is 12.0 Å². The molecule has 0 radical (unpaired) electrons. The maximum Gasteiger partial charge on any atom is 0.251 e. The first-order valence-corrected chi connectivity index (χ1v) is 6.56. The van der Waals surface area contributed by atoms with Gasteiger partial charge in [0.1, 0.15) is 0 Å². The first-order valence-electron chi connectivity index (χ1n) is 6.56. The van der Waals surface area contributed by atoms with Crippen LogP contribution in [0.25, 0.3) is 0 Å². The number of carbonyl (C=O) groups is 2. The third kappa shape index (κ3) is 3.79. The Bertz CT molecular complexity index is 605. The van der Waals surface area contributed by atoms with Crippen LogP contribution in [-0.2, 0) is 11.2 Å². The van der Waals surface area contributed by atoms with Crippen LogP contribution in [0.3, 0.4) is 0 Å². The minimum absolute atomic E-state index is 0.00332. The van der Waals surface area contributed by atoms with E-state index in [0.717, 1.165) is 11.1 Å². The largest absolute Gasteiger partial charge is 0.345 e. The van der Waals surface area contributed by atoms with E-state index in [1.165, 1.54) is 0 Å². The molecule has 0 bridgehead atoms. The fourth-order valence-corrected chi connectivity index (χ4v) is 1.95. The monoisotopic (exact) mass is 267 g/mol. The fraction of sp³-hybridized carbons (Fsp3) is 0.176. The minimum Gasteiger partial charge on any atom is -0.345 e. The van der Waals surface area contributed by atoms with Crippen molar-refractivity contribution in [3.8, 4) is 0 Å². The standard InChI is InChI=1S/C17H17NO2/c1-13-7-5-6-10-15(13)11-16(19)12-18-17(20)14-8-3-2-4-9-14/h2-10H,11-12H2,1H3,(H,18,20). The summed E-state index contributed by atoms with van der Waals surface area (Å²) in [7, 11) is 0. The van der Waals surface area contributed by atoms with Gasteiger partial charge < -0.3 is 5.32 Å². The zero-order valence-corrected chi connectivity index (χ0v) is 11.4. The van der Waals surface area contributed by atoms with Crippen LogP contribution in [0, 0.1) is 6.92 Å². The van der Waals surface area contributed by atoms with Crippen LogP contribution in [0.2, 0.25) is 0 Å². The molecule has 2 aromatic carbocycles. The smallest absolute Gasteiger partial charge is 0.251 e. The molecule has 0 aliphatic carbocycles. The number of ketones is 1. The summed E-state index contributed by atoms with van der Waals surface area (Å²) in [5, 5.41) is 2.65. The number of nitrogens with one attached hydrogen (secondary N) is 1. The minimum atomic E-state index is -0.219. The van der Waals surface area contributed by atoms with Gasteiger partial charge in [-0.15, -0.1) is 0 Å². The Morgan fingerprint density at radius 1 is 0.950 bits per heavy atom. The molecule has 0 unspecified atom stereocenters. The predicted octanol–water partition coefficient (Wildman–Crippen LogP) is 2.54. The average molecular weight is 267 g/mol. The number of hydrogen-bond donors (Lipinski definition) is 1. The molecule has 2 rings (SSSR count). The second kappa shape index (κ2) is 6.66. The zero-order valence-electron chi connectivity index (χ0n) is 11.4. The van der Waals surface area contributed by atoms with Gasteiger partial charge in [-0.2, -0.15) is 0 Å². The van der Waals surface area contributed by atoms with Crippen LogP contribution in [0.1, 0.15) is 21.5 Å². The summed E-state index contributed by atoms with van der Waals surface area (Å²) in [6.45, 7) is 2.03. The Morgan fingerprint density at radius 2 is 1.60 bits per heavy atom. The maximum absolute atomic E-state index is 11.9. The van der Waals surface area contributed by atoms with Crippen molar-refractivity contribution in [3.05, 3.63) is 71.3 Å². The third-order valence-electron chi connectivity index (χ3n) is 3.13. The van der Waals surface area contributed by atoms with Crippen molar-refractivity contribution in [1.82, 2.24) is 5.32 Å². The zero-order chi connectivity index (χ0) is 14.4. The second-order valence-corrected chi connectivity index (χ2v) is 4.69. The number of amides is 1. The van der Waals surface area contributed by atoms with Gasteiger partial charge in [0.15, 0.2) is 5.78 Å². The van der Waals surface area contributed by atoms with Gasteiger partial charge in [-0.1, -0.05) is 42.5 Å². The van der Waals surface area contributed by atoms with E-state index in [0.29, 0.717) is 12.0 Å².